The number of carbonyl (C=O) groups excluding carboxylic acids is 1. The lowest BCUT2D eigenvalue weighted by Crippen LogP contribution is -2.22. The van der Waals surface area contributed by atoms with Crippen LogP contribution < -0.4 is 15.8 Å². The van der Waals surface area contributed by atoms with E-state index >= 15 is 0 Å². The van der Waals surface area contributed by atoms with Crippen LogP contribution in [0.5, 0.6) is 5.06 Å². The van der Waals surface area contributed by atoms with Crippen LogP contribution in [0.15, 0.2) is 24.4 Å². The van der Waals surface area contributed by atoms with Gasteiger partial charge in [-0.3, -0.25) is 4.79 Å². The van der Waals surface area contributed by atoms with Gasteiger partial charge >= 0.3 is 0 Å². The molecule has 1 aliphatic rings. The summed E-state index contributed by atoms with van der Waals surface area (Å²) in [5, 5.41) is 3.06. The number of anilines is 2. The van der Waals surface area contributed by atoms with Gasteiger partial charge in [-0.25, -0.2) is 13.8 Å². The molecule has 1 amide bonds. The van der Waals surface area contributed by atoms with E-state index in [0.717, 1.165) is 35.0 Å². The smallest absolute Gasteiger partial charge is 0.277 e. The lowest BCUT2D eigenvalue weighted by atomic mass is 10.2. The zero-order valence-corrected chi connectivity index (χ0v) is 18.8. The van der Waals surface area contributed by atoms with Crippen molar-refractivity contribution < 1.29 is 27.8 Å². The molecule has 12 heteroatoms. The van der Waals surface area contributed by atoms with Gasteiger partial charge in [0.1, 0.15) is 27.3 Å². The van der Waals surface area contributed by atoms with Gasteiger partial charge in [0.15, 0.2) is 11.5 Å². The second-order valence-electron chi connectivity index (χ2n) is 7.40. The second kappa shape index (κ2) is 9.06. The Balaban J connectivity index is 1.41. The first-order valence-corrected chi connectivity index (χ1v) is 11.2. The Kier molecular flexibility index (Phi) is 6.38. The van der Waals surface area contributed by atoms with Crippen molar-refractivity contribution in [3.63, 3.8) is 0 Å². The first kappa shape index (κ1) is 22.5. The summed E-state index contributed by atoms with van der Waals surface area (Å²) >= 11 is 1.90. The van der Waals surface area contributed by atoms with Crippen LogP contribution in [-0.2, 0) is 9.47 Å². The van der Waals surface area contributed by atoms with Gasteiger partial charge in [-0.1, -0.05) is 17.4 Å². The number of rotatable bonds is 7. The van der Waals surface area contributed by atoms with Crippen molar-refractivity contribution in [2.45, 2.75) is 32.2 Å². The lowest BCUT2D eigenvalue weighted by Gasteiger charge is -2.17. The van der Waals surface area contributed by atoms with Crippen LogP contribution in [0.3, 0.4) is 0 Å². The number of benzene rings is 1. The number of carbonyl (C=O) groups is 1. The first-order chi connectivity index (χ1) is 15.2. The van der Waals surface area contributed by atoms with Crippen LogP contribution in [0.2, 0.25) is 0 Å². The molecule has 8 nitrogen and oxygen atoms in total. The lowest BCUT2D eigenvalue weighted by molar-refractivity contribution is -0.139. The summed E-state index contributed by atoms with van der Waals surface area (Å²) in [5.74, 6) is -2.82. The average Bonchev–Trinajstić information content (AvgIpc) is 3.41. The summed E-state index contributed by atoms with van der Waals surface area (Å²) in [7, 11) is 0. The molecule has 3 N–H and O–H groups in total. The molecule has 1 fully saturated rings. The van der Waals surface area contributed by atoms with Gasteiger partial charge in [0.05, 0.1) is 31.1 Å². The Hall–Kier alpha value is -2.67. The van der Waals surface area contributed by atoms with E-state index in [1.165, 1.54) is 12.3 Å². The molecule has 0 radical (unpaired) electrons. The van der Waals surface area contributed by atoms with Gasteiger partial charge in [0.2, 0.25) is 5.06 Å². The number of nitrogen functional groups attached to an aromatic ring is 1. The van der Waals surface area contributed by atoms with Crippen LogP contribution >= 0.6 is 22.9 Å². The van der Waals surface area contributed by atoms with Crippen LogP contribution in [-0.4, -0.2) is 40.4 Å². The number of ether oxygens (including phenoxy) is 3. The number of thiazole rings is 1. The molecule has 2 aromatic heterocycles. The second-order valence-corrected chi connectivity index (χ2v) is 9.19. The van der Waals surface area contributed by atoms with Crippen LogP contribution in [0.1, 0.15) is 30.8 Å². The fraction of sp³-hybridized carbons (Fsp3) is 0.350. The van der Waals surface area contributed by atoms with Gasteiger partial charge in [-0.15, -0.1) is 0 Å². The predicted octanol–water partition coefficient (Wildman–Crippen LogP) is 4.30. The molecule has 0 spiro atoms. The van der Waals surface area contributed by atoms with E-state index in [-0.39, 0.29) is 27.4 Å². The van der Waals surface area contributed by atoms with Crippen LogP contribution in [0.25, 0.3) is 10.6 Å². The first-order valence-electron chi connectivity index (χ1n) is 9.65. The monoisotopic (exact) mass is 482 g/mol. The molecule has 32 heavy (non-hydrogen) atoms. The van der Waals surface area contributed by atoms with E-state index in [0.29, 0.717) is 30.4 Å². The molecular formula is C20H20F2N4O4S2. The molecular weight excluding hydrogens is 462 g/mol. The van der Waals surface area contributed by atoms with E-state index in [1.54, 1.807) is 0 Å². The SMILES string of the molecule is CC1(C)OCC(CCOc2sncc2NC(=O)c2nc(-c3c(F)cccc3F)sc2N)O1. The molecule has 0 bridgehead atoms. The number of halogens is 2. The quantitative estimate of drug-likeness (QED) is 0.517. The number of amides is 1. The molecule has 3 aromatic rings. The third-order valence-corrected chi connectivity index (χ3v) is 6.19. The molecule has 1 aromatic carbocycles. The van der Waals surface area contributed by atoms with Crippen LogP contribution in [0, 0.1) is 11.6 Å². The number of nitrogens with one attached hydrogen (secondary N) is 1. The van der Waals surface area contributed by atoms with E-state index in [1.807, 2.05) is 13.8 Å². The third kappa shape index (κ3) is 4.88. The minimum absolute atomic E-state index is 0.0233. The van der Waals surface area contributed by atoms with E-state index in [2.05, 4.69) is 14.7 Å². The Morgan fingerprint density at radius 2 is 2.12 bits per heavy atom. The van der Waals surface area contributed by atoms with Gasteiger partial charge in [0, 0.05) is 18.0 Å². The summed E-state index contributed by atoms with van der Waals surface area (Å²) in [6, 6.07) is 3.47. The van der Waals surface area contributed by atoms with Gasteiger partial charge in [-0.2, -0.15) is 4.37 Å². The van der Waals surface area contributed by atoms with Crippen molar-refractivity contribution in [2.75, 3.05) is 24.3 Å². The van der Waals surface area contributed by atoms with Crippen molar-refractivity contribution in [3.8, 4) is 15.6 Å². The van der Waals surface area contributed by atoms with Crippen molar-refractivity contribution in [3.05, 3.63) is 41.7 Å². The molecule has 170 valence electrons. The Morgan fingerprint density at radius 3 is 2.81 bits per heavy atom. The minimum Gasteiger partial charge on any atom is -0.481 e. The highest BCUT2D eigenvalue weighted by molar-refractivity contribution is 7.19. The van der Waals surface area contributed by atoms with Crippen molar-refractivity contribution in [1.82, 2.24) is 9.36 Å². The average molecular weight is 483 g/mol. The summed E-state index contributed by atoms with van der Waals surface area (Å²) in [6.45, 7) is 4.52. The molecule has 0 aliphatic carbocycles. The highest BCUT2D eigenvalue weighted by Gasteiger charge is 2.32. The molecule has 1 unspecified atom stereocenters. The molecule has 1 aliphatic heterocycles. The standard InChI is InChI=1S/C20H20F2N4O4S2/c1-20(2)29-9-10(30-20)6-7-28-19-13(8-24-32-19)25-17(27)15-16(23)31-18(26-15)14-11(21)4-3-5-12(14)22/h3-5,8,10H,6-7,9,23H2,1-2H3,(H,25,27). The maximum absolute atomic E-state index is 14.1. The number of nitrogens with zero attached hydrogens (tertiary/aromatic N) is 2. The normalized spacial score (nSPS) is 17.4. The number of hydrogen-bond donors (Lipinski definition) is 2. The van der Waals surface area contributed by atoms with Crippen molar-refractivity contribution in [1.29, 1.82) is 0 Å². The summed E-state index contributed by atoms with van der Waals surface area (Å²) in [4.78, 5) is 16.8. The zero-order valence-electron chi connectivity index (χ0n) is 17.2. The van der Waals surface area contributed by atoms with Gasteiger partial charge in [0.25, 0.3) is 5.91 Å². The van der Waals surface area contributed by atoms with E-state index in [4.69, 9.17) is 19.9 Å². The summed E-state index contributed by atoms with van der Waals surface area (Å²) in [5.41, 5.74) is 5.78. The molecule has 1 atom stereocenters. The van der Waals surface area contributed by atoms with Gasteiger partial charge in [-0.05, 0) is 26.0 Å². The minimum atomic E-state index is -0.788. The van der Waals surface area contributed by atoms with E-state index < -0.39 is 23.3 Å². The fourth-order valence-corrected chi connectivity index (χ4v) is 4.56. The maximum atomic E-state index is 14.1. The Labute approximate surface area is 190 Å². The van der Waals surface area contributed by atoms with Crippen molar-refractivity contribution in [2.24, 2.45) is 0 Å². The molecule has 1 saturated heterocycles. The zero-order chi connectivity index (χ0) is 22.9. The number of aromatic nitrogens is 2. The predicted molar refractivity (Wildman–Crippen MR) is 117 cm³/mol. The van der Waals surface area contributed by atoms with E-state index in [9.17, 15) is 13.6 Å². The van der Waals surface area contributed by atoms with Crippen molar-refractivity contribution >= 4 is 39.5 Å². The highest BCUT2D eigenvalue weighted by atomic mass is 32.1. The topological polar surface area (TPSA) is 109 Å². The largest absolute Gasteiger partial charge is 0.481 e. The van der Waals surface area contributed by atoms with Gasteiger partial charge < -0.3 is 25.3 Å². The van der Waals surface area contributed by atoms with Crippen LogP contribution in [0.4, 0.5) is 19.5 Å². The Morgan fingerprint density at radius 1 is 1.38 bits per heavy atom. The summed E-state index contributed by atoms with van der Waals surface area (Å²) in [6.07, 6.45) is 1.96. The molecule has 3 heterocycles. The molecule has 0 saturated carbocycles. The number of hydrogen-bond acceptors (Lipinski definition) is 9. The Bertz CT molecular complexity index is 1110. The fourth-order valence-electron chi connectivity index (χ4n) is 3.09. The summed E-state index contributed by atoms with van der Waals surface area (Å²) < 4.78 is 49.1. The third-order valence-electron chi connectivity index (χ3n) is 4.57. The molecule has 4 rings (SSSR count). The number of nitrogens with two attached hydrogens (primary N) is 1. The maximum Gasteiger partial charge on any atom is 0.277 e. The highest BCUT2D eigenvalue weighted by Crippen LogP contribution is 2.35.